The van der Waals surface area contributed by atoms with Crippen molar-refractivity contribution in [3.8, 4) is 0 Å². The molecular formula is C19H28N4O2. The molecule has 25 heavy (non-hydrogen) atoms. The Bertz CT molecular complexity index is 605. The Morgan fingerprint density at radius 1 is 0.920 bits per heavy atom. The zero-order valence-electron chi connectivity index (χ0n) is 15.0. The minimum atomic E-state index is 0.0240. The van der Waals surface area contributed by atoms with E-state index in [-0.39, 0.29) is 11.8 Å². The van der Waals surface area contributed by atoms with Crippen molar-refractivity contribution in [1.82, 2.24) is 14.7 Å². The summed E-state index contributed by atoms with van der Waals surface area (Å²) in [5.41, 5.74) is 1.95. The topological polar surface area (TPSA) is 55.9 Å². The van der Waals surface area contributed by atoms with Gasteiger partial charge in [-0.05, 0) is 31.4 Å². The highest BCUT2D eigenvalue weighted by atomic mass is 16.2. The van der Waals surface area contributed by atoms with E-state index < -0.39 is 0 Å². The minimum absolute atomic E-state index is 0.0240. The number of carbonyl (C=O) groups excluding carboxylic acids is 2. The van der Waals surface area contributed by atoms with Crippen LogP contribution in [0.4, 0.5) is 5.69 Å². The number of rotatable bonds is 5. The first-order valence-corrected chi connectivity index (χ1v) is 9.20. The number of carbonyl (C=O) groups is 2. The number of benzene rings is 1. The predicted octanol–water partition coefficient (Wildman–Crippen LogP) is 1.17. The average molecular weight is 344 g/mol. The quantitative estimate of drug-likeness (QED) is 0.871. The predicted molar refractivity (Wildman–Crippen MR) is 98.5 cm³/mol. The number of para-hydroxylation sites is 1. The van der Waals surface area contributed by atoms with Crippen LogP contribution >= 0.6 is 0 Å². The van der Waals surface area contributed by atoms with Gasteiger partial charge in [-0.25, -0.2) is 0 Å². The van der Waals surface area contributed by atoms with Crippen LogP contribution in [0.5, 0.6) is 0 Å². The third kappa shape index (κ3) is 5.03. The number of amides is 2. The molecule has 6 heteroatoms. The molecule has 2 heterocycles. The lowest BCUT2D eigenvalue weighted by atomic mass is 10.2. The molecule has 136 valence electrons. The molecule has 3 rings (SSSR count). The van der Waals surface area contributed by atoms with E-state index in [2.05, 4.69) is 15.1 Å². The van der Waals surface area contributed by atoms with Crippen molar-refractivity contribution in [1.29, 1.82) is 0 Å². The van der Waals surface area contributed by atoms with Gasteiger partial charge in [0.25, 0.3) is 0 Å². The number of hydrogen-bond donors (Lipinski definition) is 1. The van der Waals surface area contributed by atoms with Crippen LogP contribution in [0.25, 0.3) is 0 Å². The summed E-state index contributed by atoms with van der Waals surface area (Å²) in [7, 11) is 0. The number of piperazine rings is 1. The number of aryl methyl sites for hydroxylation is 1. The van der Waals surface area contributed by atoms with Gasteiger partial charge in [-0.3, -0.25) is 19.4 Å². The lowest BCUT2D eigenvalue weighted by molar-refractivity contribution is -0.132. The van der Waals surface area contributed by atoms with E-state index in [0.717, 1.165) is 63.4 Å². The molecule has 0 spiro atoms. The van der Waals surface area contributed by atoms with Gasteiger partial charge in [0.2, 0.25) is 11.8 Å². The molecule has 0 unspecified atom stereocenters. The molecule has 0 saturated carbocycles. The highest BCUT2D eigenvalue weighted by Gasteiger charge is 2.24. The van der Waals surface area contributed by atoms with E-state index in [1.807, 2.05) is 36.1 Å². The van der Waals surface area contributed by atoms with Crippen LogP contribution in [0.1, 0.15) is 18.4 Å². The van der Waals surface area contributed by atoms with E-state index in [9.17, 15) is 9.59 Å². The molecule has 0 aromatic heterocycles. The Morgan fingerprint density at radius 2 is 1.52 bits per heavy atom. The molecule has 2 saturated heterocycles. The van der Waals surface area contributed by atoms with Gasteiger partial charge in [-0.1, -0.05) is 18.2 Å². The zero-order valence-corrected chi connectivity index (χ0v) is 15.0. The second kappa shape index (κ2) is 8.45. The molecule has 1 N–H and O–H groups in total. The number of nitrogens with zero attached hydrogens (tertiary/aromatic N) is 3. The summed E-state index contributed by atoms with van der Waals surface area (Å²) in [6, 6.07) is 7.81. The summed E-state index contributed by atoms with van der Waals surface area (Å²) in [6.07, 6.45) is 2.27. The molecule has 1 aromatic rings. The van der Waals surface area contributed by atoms with Crippen molar-refractivity contribution in [3.63, 3.8) is 0 Å². The monoisotopic (exact) mass is 344 g/mol. The molecule has 0 bridgehead atoms. The van der Waals surface area contributed by atoms with Crippen LogP contribution < -0.4 is 5.32 Å². The van der Waals surface area contributed by atoms with Gasteiger partial charge in [-0.2, -0.15) is 0 Å². The molecular weight excluding hydrogens is 316 g/mol. The van der Waals surface area contributed by atoms with Gasteiger partial charge in [0.1, 0.15) is 0 Å². The van der Waals surface area contributed by atoms with E-state index in [0.29, 0.717) is 13.1 Å². The second-order valence-electron chi connectivity index (χ2n) is 7.00. The van der Waals surface area contributed by atoms with Crippen molar-refractivity contribution in [2.45, 2.75) is 19.8 Å². The van der Waals surface area contributed by atoms with Gasteiger partial charge >= 0.3 is 0 Å². The molecule has 2 aliphatic rings. The van der Waals surface area contributed by atoms with Crippen LogP contribution in [0.15, 0.2) is 24.3 Å². The molecule has 2 fully saturated rings. The smallest absolute Gasteiger partial charge is 0.238 e. The Kier molecular flexibility index (Phi) is 6.04. The fourth-order valence-electron chi connectivity index (χ4n) is 3.47. The Labute approximate surface area is 149 Å². The molecule has 1 aromatic carbocycles. The number of hydrogen-bond acceptors (Lipinski definition) is 4. The van der Waals surface area contributed by atoms with Crippen LogP contribution in [0.2, 0.25) is 0 Å². The maximum absolute atomic E-state index is 12.2. The summed E-state index contributed by atoms with van der Waals surface area (Å²) in [6.45, 7) is 8.09. The molecule has 6 nitrogen and oxygen atoms in total. The Balaban J connectivity index is 1.39. The standard InChI is InChI=1S/C19H28N4O2/c1-16-6-2-3-7-17(16)20-18(24)14-21-10-12-22(13-11-21)15-19(25)23-8-4-5-9-23/h2-3,6-7H,4-5,8-15H2,1H3,(H,20,24). The summed E-state index contributed by atoms with van der Waals surface area (Å²) in [5, 5.41) is 2.98. The highest BCUT2D eigenvalue weighted by Crippen LogP contribution is 2.13. The number of anilines is 1. The zero-order chi connectivity index (χ0) is 17.6. The number of nitrogens with one attached hydrogen (secondary N) is 1. The van der Waals surface area contributed by atoms with E-state index in [1.165, 1.54) is 0 Å². The van der Waals surface area contributed by atoms with Crippen molar-refractivity contribution in [2.24, 2.45) is 0 Å². The normalized spacial score (nSPS) is 19.2. The third-order valence-corrected chi connectivity index (χ3v) is 5.07. The first-order valence-electron chi connectivity index (χ1n) is 9.20. The molecule has 2 amide bonds. The fraction of sp³-hybridized carbons (Fsp3) is 0.579. The summed E-state index contributed by atoms with van der Waals surface area (Å²) < 4.78 is 0. The van der Waals surface area contributed by atoms with Crippen LogP contribution in [-0.4, -0.2) is 78.9 Å². The maximum atomic E-state index is 12.2. The van der Waals surface area contributed by atoms with Crippen LogP contribution in [0, 0.1) is 6.92 Å². The molecule has 2 aliphatic heterocycles. The van der Waals surface area contributed by atoms with E-state index in [1.54, 1.807) is 0 Å². The van der Waals surface area contributed by atoms with Gasteiger partial charge < -0.3 is 10.2 Å². The van der Waals surface area contributed by atoms with Gasteiger partial charge in [0, 0.05) is 45.0 Å². The van der Waals surface area contributed by atoms with E-state index in [4.69, 9.17) is 0 Å². The Hall–Kier alpha value is -1.92. The number of likely N-dealkylation sites (tertiary alicyclic amines) is 1. The van der Waals surface area contributed by atoms with Crippen molar-refractivity contribution in [3.05, 3.63) is 29.8 Å². The average Bonchev–Trinajstić information content (AvgIpc) is 3.13. The summed E-state index contributed by atoms with van der Waals surface area (Å²) in [5.74, 6) is 0.277. The maximum Gasteiger partial charge on any atom is 0.238 e. The molecule has 0 atom stereocenters. The SMILES string of the molecule is Cc1ccccc1NC(=O)CN1CCN(CC(=O)N2CCCC2)CC1. The fourth-order valence-corrected chi connectivity index (χ4v) is 3.47. The summed E-state index contributed by atoms with van der Waals surface area (Å²) >= 11 is 0. The summed E-state index contributed by atoms with van der Waals surface area (Å²) in [4.78, 5) is 30.8. The van der Waals surface area contributed by atoms with E-state index >= 15 is 0 Å². The van der Waals surface area contributed by atoms with Gasteiger partial charge in [0.05, 0.1) is 13.1 Å². The molecule has 0 radical (unpaired) electrons. The van der Waals surface area contributed by atoms with Crippen molar-refractivity contribution < 1.29 is 9.59 Å². The third-order valence-electron chi connectivity index (χ3n) is 5.07. The highest BCUT2D eigenvalue weighted by molar-refractivity contribution is 5.92. The Morgan fingerprint density at radius 3 is 2.16 bits per heavy atom. The first-order chi connectivity index (χ1) is 12.1. The van der Waals surface area contributed by atoms with Crippen LogP contribution in [-0.2, 0) is 9.59 Å². The van der Waals surface area contributed by atoms with Crippen molar-refractivity contribution >= 4 is 17.5 Å². The lowest BCUT2D eigenvalue weighted by Gasteiger charge is -2.34. The minimum Gasteiger partial charge on any atom is -0.342 e. The largest absolute Gasteiger partial charge is 0.342 e. The first kappa shape index (κ1) is 17.9. The molecule has 0 aliphatic carbocycles. The lowest BCUT2D eigenvalue weighted by Crippen LogP contribution is -2.51. The second-order valence-corrected chi connectivity index (χ2v) is 7.00. The van der Waals surface area contributed by atoms with Crippen LogP contribution in [0.3, 0.4) is 0 Å². The van der Waals surface area contributed by atoms with Crippen molar-refractivity contribution in [2.75, 3.05) is 57.7 Å². The van der Waals surface area contributed by atoms with Gasteiger partial charge in [-0.15, -0.1) is 0 Å². The van der Waals surface area contributed by atoms with Gasteiger partial charge in [0.15, 0.2) is 0 Å².